The third kappa shape index (κ3) is 3.63. The van der Waals surface area contributed by atoms with Crippen LogP contribution in [0.4, 0.5) is 5.69 Å². The van der Waals surface area contributed by atoms with Gasteiger partial charge in [-0.15, -0.1) is 0 Å². The van der Waals surface area contributed by atoms with Crippen LogP contribution < -0.4 is 9.47 Å². The maximum atomic E-state index is 9.29. The van der Waals surface area contributed by atoms with Crippen LogP contribution in [0.2, 0.25) is 0 Å². The molecule has 5 rings (SSSR count). The molecular weight excluding hydrogens is 386 g/mol. The number of hydrogen-bond donors (Lipinski definition) is 0. The number of nitriles is 1. The fraction of sp³-hybridized carbons (Fsp3) is 0.192. The van der Waals surface area contributed by atoms with Crippen molar-refractivity contribution in [3.05, 3.63) is 89.3 Å². The summed E-state index contributed by atoms with van der Waals surface area (Å²) in [5.41, 5.74) is 5.26. The summed E-state index contributed by atoms with van der Waals surface area (Å²) in [7, 11) is 0. The van der Waals surface area contributed by atoms with Gasteiger partial charge in [-0.2, -0.15) is 10.3 Å². The zero-order valence-corrected chi connectivity index (χ0v) is 16.8. The Balaban J connectivity index is 1.46. The van der Waals surface area contributed by atoms with E-state index in [-0.39, 0.29) is 12.0 Å². The fourth-order valence-corrected chi connectivity index (χ4v) is 4.32. The Morgan fingerprint density at radius 1 is 0.968 bits per heavy atom. The van der Waals surface area contributed by atoms with E-state index in [2.05, 4.69) is 15.9 Å². The van der Waals surface area contributed by atoms with Gasteiger partial charge in [-0.25, -0.2) is 4.85 Å². The SMILES string of the molecule is [C-]#[N+]c1cccc(-c2ccc3c(c2)C(=NC#N)CC(C2COc4ccccc4C2)O3)c1. The monoisotopic (exact) mass is 405 g/mol. The minimum Gasteiger partial charge on any atom is -0.493 e. The maximum Gasteiger partial charge on any atom is 0.205 e. The van der Waals surface area contributed by atoms with Crippen molar-refractivity contribution in [1.82, 2.24) is 0 Å². The van der Waals surface area contributed by atoms with Crippen LogP contribution >= 0.6 is 0 Å². The van der Waals surface area contributed by atoms with Gasteiger partial charge >= 0.3 is 0 Å². The molecule has 150 valence electrons. The highest BCUT2D eigenvalue weighted by molar-refractivity contribution is 6.05. The quantitative estimate of drug-likeness (QED) is 0.413. The number of nitrogens with zero attached hydrogens (tertiary/aromatic N) is 3. The van der Waals surface area contributed by atoms with Crippen molar-refractivity contribution < 1.29 is 9.47 Å². The molecule has 2 atom stereocenters. The smallest absolute Gasteiger partial charge is 0.205 e. The molecule has 0 N–H and O–H groups in total. The molecule has 0 aromatic heterocycles. The highest BCUT2D eigenvalue weighted by Gasteiger charge is 2.34. The van der Waals surface area contributed by atoms with Crippen molar-refractivity contribution in [3.63, 3.8) is 0 Å². The van der Waals surface area contributed by atoms with Gasteiger partial charge in [0.15, 0.2) is 5.69 Å². The Kier molecular flexibility index (Phi) is 4.86. The van der Waals surface area contributed by atoms with Crippen molar-refractivity contribution >= 4 is 11.4 Å². The summed E-state index contributed by atoms with van der Waals surface area (Å²) in [4.78, 5) is 7.65. The number of benzene rings is 3. The van der Waals surface area contributed by atoms with Crippen molar-refractivity contribution in [3.8, 4) is 28.8 Å². The van der Waals surface area contributed by atoms with E-state index < -0.39 is 0 Å². The first-order valence-corrected chi connectivity index (χ1v) is 10.2. The summed E-state index contributed by atoms with van der Waals surface area (Å²) >= 11 is 0. The minimum absolute atomic E-state index is 0.107. The van der Waals surface area contributed by atoms with Crippen LogP contribution in [0.3, 0.4) is 0 Å². The molecule has 5 nitrogen and oxygen atoms in total. The van der Waals surface area contributed by atoms with E-state index in [1.807, 2.05) is 60.8 Å². The van der Waals surface area contributed by atoms with Gasteiger partial charge in [0.25, 0.3) is 0 Å². The summed E-state index contributed by atoms with van der Waals surface area (Å²) < 4.78 is 12.3. The van der Waals surface area contributed by atoms with E-state index in [0.29, 0.717) is 18.7 Å². The van der Waals surface area contributed by atoms with Crippen molar-refractivity contribution in [2.24, 2.45) is 10.9 Å². The lowest BCUT2D eigenvalue weighted by Crippen LogP contribution is -2.39. The molecule has 0 saturated heterocycles. The maximum absolute atomic E-state index is 9.29. The van der Waals surface area contributed by atoms with Gasteiger partial charge < -0.3 is 9.47 Å². The third-order valence-corrected chi connectivity index (χ3v) is 5.89. The fourth-order valence-electron chi connectivity index (χ4n) is 4.32. The molecule has 0 aliphatic carbocycles. The Morgan fingerprint density at radius 3 is 2.71 bits per heavy atom. The van der Waals surface area contributed by atoms with Gasteiger partial charge in [-0.1, -0.05) is 42.5 Å². The molecule has 2 aliphatic rings. The van der Waals surface area contributed by atoms with Crippen LogP contribution in [0.15, 0.2) is 71.7 Å². The van der Waals surface area contributed by atoms with Crippen LogP contribution in [-0.4, -0.2) is 18.4 Å². The van der Waals surface area contributed by atoms with Gasteiger partial charge in [0, 0.05) is 17.9 Å². The Bertz CT molecular complexity index is 1270. The molecule has 0 spiro atoms. The molecule has 3 aromatic rings. The molecule has 2 heterocycles. The third-order valence-electron chi connectivity index (χ3n) is 5.89. The van der Waals surface area contributed by atoms with E-state index in [0.717, 1.165) is 40.3 Å². The molecule has 3 aromatic carbocycles. The molecule has 0 fully saturated rings. The van der Waals surface area contributed by atoms with E-state index in [4.69, 9.17) is 16.0 Å². The Morgan fingerprint density at radius 2 is 1.84 bits per heavy atom. The first kappa shape index (κ1) is 18.9. The van der Waals surface area contributed by atoms with Gasteiger partial charge in [0.05, 0.1) is 18.9 Å². The zero-order chi connectivity index (χ0) is 21.2. The molecule has 0 radical (unpaired) electrons. The van der Waals surface area contributed by atoms with E-state index in [1.54, 1.807) is 6.07 Å². The number of para-hydroxylation sites is 1. The average Bonchev–Trinajstić information content (AvgIpc) is 2.83. The van der Waals surface area contributed by atoms with Crippen molar-refractivity contribution in [2.75, 3.05) is 6.61 Å². The Labute approximate surface area is 181 Å². The molecule has 0 saturated carbocycles. The standard InChI is InChI=1S/C26H19N3O2/c1-28-21-7-4-6-17(12-21)18-9-10-25-22(13-18)23(29-16-27)14-26(31-25)20-11-19-5-2-3-8-24(19)30-15-20/h2-10,12-13,20,26H,11,14-15H2. The zero-order valence-electron chi connectivity index (χ0n) is 16.8. The van der Waals surface area contributed by atoms with Gasteiger partial charge in [0.2, 0.25) is 6.19 Å². The molecule has 2 aliphatic heterocycles. The highest BCUT2D eigenvalue weighted by Crippen LogP contribution is 2.37. The lowest BCUT2D eigenvalue weighted by Gasteiger charge is -2.35. The largest absolute Gasteiger partial charge is 0.493 e. The van der Waals surface area contributed by atoms with Gasteiger partial charge in [0.1, 0.15) is 17.6 Å². The molecule has 0 amide bonds. The van der Waals surface area contributed by atoms with Crippen molar-refractivity contribution in [2.45, 2.75) is 18.9 Å². The highest BCUT2D eigenvalue weighted by atomic mass is 16.5. The Hall–Kier alpha value is -4.09. The number of rotatable bonds is 2. The summed E-state index contributed by atoms with van der Waals surface area (Å²) in [6.07, 6.45) is 3.28. The summed E-state index contributed by atoms with van der Waals surface area (Å²) in [5.74, 6) is 1.85. The lowest BCUT2D eigenvalue weighted by atomic mass is 9.86. The molecule has 2 unspecified atom stereocenters. The summed E-state index contributed by atoms with van der Waals surface area (Å²) in [6.45, 7) is 7.83. The number of fused-ring (bicyclic) bond motifs is 2. The minimum atomic E-state index is -0.107. The first-order valence-electron chi connectivity index (χ1n) is 10.2. The van der Waals surface area contributed by atoms with Crippen molar-refractivity contribution in [1.29, 1.82) is 5.26 Å². The number of hydrogen-bond acceptors (Lipinski definition) is 4. The molecular formula is C26H19N3O2. The average molecular weight is 405 g/mol. The topological polar surface area (TPSA) is 59.0 Å². The van der Waals surface area contributed by atoms with Crippen LogP contribution in [-0.2, 0) is 6.42 Å². The normalized spacial score (nSPS) is 20.4. The predicted octanol–water partition coefficient (Wildman–Crippen LogP) is 5.58. The van der Waals surface area contributed by atoms with Gasteiger partial charge in [-0.3, -0.25) is 0 Å². The van der Waals surface area contributed by atoms with Crippen LogP contribution in [0.25, 0.3) is 16.0 Å². The second-order valence-electron chi connectivity index (χ2n) is 7.77. The first-order chi connectivity index (χ1) is 15.2. The number of aliphatic imine (C=N–C) groups is 1. The summed E-state index contributed by atoms with van der Waals surface area (Å²) in [5, 5.41) is 9.29. The van der Waals surface area contributed by atoms with Crippen LogP contribution in [0.1, 0.15) is 17.5 Å². The van der Waals surface area contributed by atoms with E-state index in [9.17, 15) is 5.26 Å². The molecule has 5 heteroatoms. The predicted molar refractivity (Wildman–Crippen MR) is 118 cm³/mol. The lowest BCUT2D eigenvalue weighted by molar-refractivity contribution is 0.0848. The molecule has 31 heavy (non-hydrogen) atoms. The second kappa shape index (κ2) is 7.97. The molecule has 0 bridgehead atoms. The van der Waals surface area contributed by atoms with Gasteiger partial charge in [-0.05, 0) is 47.4 Å². The summed E-state index contributed by atoms with van der Waals surface area (Å²) in [6, 6.07) is 21.5. The van der Waals surface area contributed by atoms with Crippen LogP contribution in [0, 0.1) is 23.9 Å². The van der Waals surface area contributed by atoms with Crippen LogP contribution in [0.5, 0.6) is 11.5 Å². The van der Waals surface area contributed by atoms with E-state index in [1.165, 1.54) is 5.56 Å². The second-order valence-corrected chi connectivity index (χ2v) is 7.77. The number of ether oxygens (including phenoxy) is 2. The van der Waals surface area contributed by atoms with E-state index >= 15 is 0 Å².